The Kier molecular flexibility index (Phi) is 5.10. The molecular weight excluding hydrogens is 350 g/mol. The predicted molar refractivity (Wildman–Crippen MR) is 91.9 cm³/mol. The topological polar surface area (TPSA) is 55.8 Å². The summed E-state index contributed by atoms with van der Waals surface area (Å²) in [6.45, 7) is 0.955. The van der Waals surface area contributed by atoms with E-state index in [0.29, 0.717) is 23.9 Å². The van der Waals surface area contributed by atoms with Gasteiger partial charge in [-0.15, -0.1) is 0 Å². The molecule has 1 aliphatic rings. The fourth-order valence-electron chi connectivity index (χ4n) is 2.62. The number of halogens is 1. The van der Waals surface area contributed by atoms with Gasteiger partial charge >= 0.3 is 0 Å². The molecule has 0 bridgehead atoms. The van der Waals surface area contributed by atoms with Crippen molar-refractivity contribution in [3.05, 3.63) is 59.1 Å². The molecule has 128 valence electrons. The Labute approximate surface area is 146 Å². The van der Waals surface area contributed by atoms with Crippen molar-refractivity contribution in [3.8, 4) is 5.75 Å². The first kappa shape index (κ1) is 17.2. The van der Waals surface area contributed by atoms with E-state index >= 15 is 0 Å². The molecule has 7 heteroatoms. The second-order valence-electron chi connectivity index (χ2n) is 5.45. The zero-order chi connectivity index (χ0) is 17.2. The second-order valence-corrected chi connectivity index (χ2v) is 7.82. The molecule has 2 aromatic carbocycles. The van der Waals surface area contributed by atoms with Crippen LogP contribution in [0.15, 0.2) is 53.4 Å². The SMILES string of the molecule is COc1ccc(S(=O)(=O)N2CCOC(c3ccc(Cl)cc3)C2)cc1. The molecular formula is C17H18ClNO4S. The van der Waals surface area contributed by atoms with Gasteiger partial charge in [-0.05, 0) is 42.0 Å². The fraction of sp³-hybridized carbons (Fsp3) is 0.294. The van der Waals surface area contributed by atoms with E-state index in [1.54, 1.807) is 43.5 Å². The summed E-state index contributed by atoms with van der Waals surface area (Å²) in [5, 5.41) is 0.636. The van der Waals surface area contributed by atoms with Crippen LogP contribution in [-0.4, -0.2) is 39.5 Å². The summed E-state index contributed by atoms with van der Waals surface area (Å²) in [7, 11) is -2.02. The van der Waals surface area contributed by atoms with Gasteiger partial charge < -0.3 is 9.47 Å². The van der Waals surface area contributed by atoms with Crippen LogP contribution in [0.4, 0.5) is 0 Å². The smallest absolute Gasteiger partial charge is 0.243 e. The summed E-state index contributed by atoms with van der Waals surface area (Å²) in [6, 6.07) is 13.7. The van der Waals surface area contributed by atoms with Crippen LogP contribution in [0, 0.1) is 0 Å². The third-order valence-corrected chi connectivity index (χ3v) is 6.10. The van der Waals surface area contributed by atoms with E-state index in [2.05, 4.69) is 0 Å². The fourth-order valence-corrected chi connectivity index (χ4v) is 4.17. The normalized spacial score (nSPS) is 19.2. The number of sulfonamides is 1. The van der Waals surface area contributed by atoms with Crippen LogP contribution in [0.25, 0.3) is 0 Å². The Morgan fingerprint density at radius 2 is 1.79 bits per heavy atom. The van der Waals surface area contributed by atoms with Crippen LogP contribution < -0.4 is 4.74 Å². The minimum Gasteiger partial charge on any atom is -0.497 e. The number of nitrogens with zero attached hydrogens (tertiary/aromatic N) is 1. The van der Waals surface area contributed by atoms with Crippen LogP contribution >= 0.6 is 11.6 Å². The lowest BCUT2D eigenvalue weighted by Gasteiger charge is -2.32. The average Bonchev–Trinajstić information content (AvgIpc) is 2.62. The standard InChI is InChI=1S/C17H18ClNO4S/c1-22-15-6-8-16(9-7-15)24(20,21)19-10-11-23-17(12-19)13-2-4-14(18)5-3-13/h2-9,17H,10-12H2,1H3. The van der Waals surface area contributed by atoms with Crippen LogP contribution in [0.2, 0.25) is 5.02 Å². The monoisotopic (exact) mass is 367 g/mol. The summed E-state index contributed by atoms with van der Waals surface area (Å²) in [6.07, 6.45) is -0.302. The molecule has 24 heavy (non-hydrogen) atoms. The number of hydrogen-bond donors (Lipinski definition) is 0. The van der Waals surface area contributed by atoms with E-state index in [0.717, 1.165) is 5.56 Å². The van der Waals surface area contributed by atoms with Crippen LogP contribution in [0.1, 0.15) is 11.7 Å². The summed E-state index contributed by atoms with van der Waals surface area (Å²) >= 11 is 5.90. The van der Waals surface area contributed by atoms with Crippen LogP contribution in [0.5, 0.6) is 5.75 Å². The molecule has 0 amide bonds. The van der Waals surface area contributed by atoms with Crippen molar-refractivity contribution in [2.24, 2.45) is 0 Å². The van der Waals surface area contributed by atoms with Crippen molar-refractivity contribution in [1.82, 2.24) is 4.31 Å². The average molecular weight is 368 g/mol. The minimum atomic E-state index is -3.56. The van der Waals surface area contributed by atoms with E-state index < -0.39 is 10.0 Å². The second kappa shape index (κ2) is 7.11. The van der Waals surface area contributed by atoms with Crippen LogP contribution in [-0.2, 0) is 14.8 Å². The van der Waals surface area contributed by atoms with Crippen molar-refractivity contribution < 1.29 is 17.9 Å². The molecule has 0 aromatic heterocycles. The van der Waals surface area contributed by atoms with Gasteiger partial charge in [0.2, 0.25) is 10.0 Å². The Bertz CT molecular complexity index is 790. The van der Waals surface area contributed by atoms with E-state index in [4.69, 9.17) is 21.1 Å². The highest BCUT2D eigenvalue weighted by molar-refractivity contribution is 7.89. The number of hydrogen-bond acceptors (Lipinski definition) is 4. The lowest BCUT2D eigenvalue weighted by Crippen LogP contribution is -2.42. The lowest BCUT2D eigenvalue weighted by molar-refractivity contribution is -0.00255. The van der Waals surface area contributed by atoms with Crippen LogP contribution in [0.3, 0.4) is 0 Å². The molecule has 1 saturated heterocycles. The number of ether oxygens (including phenoxy) is 2. The quantitative estimate of drug-likeness (QED) is 0.833. The first-order valence-corrected chi connectivity index (χ1v) is 9.34. The van der Waals surface area contributed by atoms with Gasteiger partial charge in [-0.1, -0.05) is 23.7 Å². The maximum Gasteiger partial charge on any atom is 0.243 e. The number of benzene rings is 2. The van der Waals surface area contributed by atoms with Gasteiger partial charge in [0.15, 0.2) is 0 Å². The third kappa shape index (κ3) is 3.57. The summed E-state index contributed by atoms with van der Waals surface area (Å²) < 4.78 is 37.9. The van der Waals surface area contributed by atoms with Crippen molar-refractivity contribution >= 4 is 21.6 Å². The maximum absolute atomic E-state index is 12.8. The van der Waals surface area contributed by atoms with Gasteiger partial charge in [0.25, 0.3) is 0 Å². The molecule has 1 heterocycles. The molecule has 0 radical (unpaired) electrons. The van der Waals surface area contributed by atoms with Crippen molar-refractivity contribution in [2.75, 3.05) is 26.8 Å². The first-order chi connectivity index (χ1) is 11.5. The maximum atomic E-state index is 12.8. The van der Waals surface area contributed by atoms with E-state index in [-0.39, 0.29) is 17.5 Å². The number of morpholine rings is 1. The molecule has 1 unspecified atom stereocenters. The lowest BCUT2D eigenvalue weighted by atomic mass is 10.1. The summed E-state index contributed by atoms with van der Waals surface area (Å²) in [4.78, 5) is 0.250. The van der Waals surface area contributed by atoms with Crippen molar-refractivity contribution in [3.63, 3.8) is 0 Å². The molecule has 0 spiro atoms. The molecule has 0 aliphatic carbocycles. The Hall–Kier alpha value is -1.60. The van der Waals surface area contributed by atoms with E-state index in [1.165, 1.54) is 4.31 Å². The molecule has 2 aromatic rings. The highest BCUT2D eigenvalue weighted by atomic mass is 35.5. The van der Waals surface area contributed by atoms with E-state index in [9.17, 15) is 8.42 Å². The summed E-state index contributed by atoms with van der Waals surface area (Å²) in [5.74, 6) is 0.620. The predicted octanol–water partition coefficient (Wildman–Crippen LogP) is 3.11. The Balaban J connectivity index is 1.81. The highest BCUT2D eigenvalue weighted by Crippen LogP contribution is 2.28. The summed E-state index contributed by atoms with van der Waals surface area (Å²) in [5.41, 5.74) is 0.911. The van der Waals surface area contributed by atoms with Gasteiger partial charge in [-0.2, -0.15) is 4.31 Å². The molecule has 1 aliphatic heterocycles. The molecule has 1 atom stereocenters. The largest absolute Gasteiger partial charge is 0.497 e. The molecule has 0 saturated carbocycles. The zero-order valence-electron chi connectivity index (χ0n) is 13.2. The van der Waals surface area contributed by atoms with Gasteiger partial charge in [0.1, 0.15) is 5.75 Å². The molecule has 3 rings (SSSR count). The number of rotatable bonds is 4. The van der Waals surface area contributed by atoms with Gasteiger partial charge in [-0.25, -0.2) is 8.42 Å². The zero-order valence-corrected chi connectivity index (χ0v) is 14.8. The number of methoxy groups -OCH3 is 1. The van der Waals surface area contributed by atoms with Crippen molar-refractivity contribution in [1.29, 1.82) is 0 Å². The Morgan fingerprint density at radius 3 is 2.42 bits per heavy atom. The van der Waals surface area contributed by atoms with E-state index in [1.807, 2.05) is 12.1 Å². The highest BCUT2D eigenvalue weighted by Gasteiger charge is 2.31. The first-order valence-electron chi connectivity index (χ1n) is 7.52. The molecule has 0 N–H and O–H groups in total. The van der Waals surface area contributed by atoms with Gasteiger partial charge in [0.05, 0.1) is 24.7 Å². The van der Waals surface area contributed by atoms with Crippen molar-refractivity contribution in [2.45, 2.75) is 11.0 Å². The third-order valence-electron chi connectivity index (χ3n) is 3.97. The minimum absolute atomic E-state index is 0.250. The Morgan fingerprint density at radius 1 is 1.12 bits per heavy atom. The van der Waals surface area contributed by atoms with Gasteiger partial charge in [0, 0.05) is 18.1 Å². The molecule has 1 fully saturated rings. The van der Waals surface area contributed by atoms with Gasteiger partial charge in [-0.3, -0.25) is 0 Å². The molecule has 5 nitrogen and oxygen atoms in total.